The molecule has 1 N–H and O–H groups in total. The maximum Gasteiger partial charge on any atom is 0.287 e. The molecule has 1 fully saturated rings. The molecule has 0 aliphatic carbocycles. The zero-order valence-electron chi connectivity index (χ0n) is 12.7. The summed E-state index contributed by atoms with van der Waals surface area (Å²) in [4.78, 5) is 12.1. The lowest BCUT2D eigenvalue weighted by molar-refractivity contribution is 0.0909. The Kier molecular flexibility index (Phi) is 4.82. The molecule has 0 radical (unpaired) electrons. The van der Waals surface area contributed by atoms with Crippen LogP contribution in [0, 0.1) is 0 Å². The molecule has 0 unspecified atom stereocenters. The van der Waals surface area contributed by atoms with Gasteiger partial charge in [-0.3, -0.25) is 4.79 Å². The average Bonchev–Trinajstić information content (AvgIpc) is 3.13. The Balaban J connectivity index is 1.55. The largest absolute Gasteiger partial charge is 0.486 e. The number of ether oxygens (including phenoxy) is 1. The van der Waals surface area contributed by atoms with Gasteiger partial charge in [-0.2, -0.15) is 0 Å². The first-order valence-corrected chi connectivity index (χ1v) is 9.59. The lowest BCUT2D eigenvalue weighted by Gasteiger charge is -2.08. The van der Waals surface area contributed by atoms with Crippen molar-refractivity contribution in [2.24, 2.45) is 0 Å². The summed E-state index contributed by atoms with van der Waals surface area (Å²) < 4.78 is 33.8. The summed E-state index contributed by atoms with van der Waals surface area (Å²) in [6.45, 7) is 0.173. The molecule has 2 heterocycles. The molecule has 1 aliphatic heterocycles. The molecule has 2 aromatic rings. The van der Waals surface area contributed by atoms with E-state index in [-0.39, 0.29) is 29.9 Å². The second kappa shape index (κ2) is 6.86. The summed E-state index contributed by atoms with van der Waals surface area (Å²) in [5, 5.41) is 3.30. The molecule has 0 bridgehead atoms. The van der Waals surface area contributed by atoms with Crippen LogP contribution in [-0.4, -0.2) is 31.9 Å². The molecule has 128 valence electrons. The van der Waals surface area contributed by atoms with E-state index in [9.17, 15) is 13.2 Å². The molecule has 1 saturated heterocycles. The first-order valence-electron chi connectivity index (χ1n) is 7.40. The van der Waals surface area contributed by atoms with Gasteiger partial charge in [0.15, 0.2) is 15.6 Å². The molecule has 6 nitrogen and oxygen atoms in total. The van der Waals surface area contributed by atoms with Gasteiger partial charge in [-0.25, -0.2) is 8.42 Å². The lowest BCUT2D eigenvalue weighted by atomic mass is 10.2. The number of halogens is 1. The lowest BCUT2D eigenvalue weighted by Crippen LogP contribution is -2.35. The summed E-state index contributed by atoms with van der Waals surface area (Å²) in [7, 11) is -3.04. The molecule has 24 heavy (non-hydrogen) atoms. The fraction of sp³-hybridized carbons (Fsp3) is 0.312. The van der Waals surface area contributed by atoms with Crippen molar-refractivity contribution in [3.05, 3.63) is 52.9 Å². The maximum atomic E-state index is 12.1. The standard InChI is InChI=1S/C16H16ClNO5S/c17-11-1-3-13(4-2-11)22-9-14-5-6-15(23-14)16(19)18-12-7-8-24(20,21)10-12/h1-6,12H,7-10H2,(H,18,19)/t12-/m0/s1. The Morgan fingerprint density at radius 1 is 1.25 bits per heavy atom. The van der Waals surface area contributed by atoms with Gasteiger partial charge >= 0.3 is 0 Å². The first kappa shape index (κ1) is 16.9. The number of hydrogen-bond acceptors (Lipinski definition) is 5. The van der Waals surface area contributed by atoms with E-state index in [0.29, 0.717) is 23.0 Å². The van der Waals surface area contributed by atoms with Crippen LogP contribution in [0.1, 0.15) is 22.7 Å². The van der Waals surface area contributed by atoms with E-state index in [1.807, 2.05) is 0 Å². The van der Waals surface area contributed by atoms with Crippen LogP contribution >= 0.6 is 11.6 Å². The molecule has 1 aliphatic rings. The predicted molar refractivity (Wildman–Crippen MR) is 89.0 cm³/mol. The zero-order valence-corrected chi connectivity index (χ0v) is 14.3. The number of amides is 1. The van der Waals surface area contributed by atoms with E-state index >= 15 is 0 Å². The maximum absolute atomic E-state index is 12.1. The second-order valence-electron chi connectivity index (χ2n) is 5.58. The van der Waals surface area contributed by atoms with Crippen LogP contribution in [0.4, 0.5) is 0 Å². The summed E-state index contributed by atoms with van der Waals surface area (Å²) in [6.07, 6.45) is 0.432. The summed E-state index contributed by atoms with van der Waals surface area (Å²) >= 11 is 5.80. The molecule has 1 atom stereocenters. The minimum atomic E-state index is -3.04. The highest BCUT2D eigenvalue weighted by molar-refractivity contribution is 7.91. The van der Waals surface area contributed by atoms with Crippen molar-refractivity contribution in [2.45, 2.75) is 19.1 Å². The SMILES string of the molecule is O=C(N[C@H]1CCS(=O)(=O)C1)c1ccc(COc2ccc(Cl)cc2)o1. The smallest absolute Gasteiger partial charge is 0.287 e. The van der Waals surface area contributed by atoms with Crippen LogP contribution in [0.2, 0.25) is 5.02 Å². The number of hydrogen-bond donors (Lipinski definition) is 1. The number of carbonyl (C=O) groups is 1. The van der Waals surface area contributed by atoms with E-state index in [2.05, 4.69) is 5.32 Å². The summed E-state index contributed by atoms with van der Waals surface area (Å²) in [5.74, 6) is 0.929. The van der Waals surface area contributed by atoms with E-state index in [1.165, 1.54) is 0 Å². The van der Waals surface area contributed by atoms with Gasteiger partial charge in [0, 0.05) is 11.1 Å². The Morgan fingerprint density at radius 2 is 2.00 bits per heavy atom. The van der Waals surface area contributed by atoms with Crippen molar-refractivity contribution in [1.82, 2.24) is 5.32 Å². The van der Waals surface area contributed by atoms with Crippen LogP contribution < -0.4 is 10.1 Å². The summed E-state index contributed by atoms with van der Waals surface area (Å²) in [6, 6.07) is 9.73. The molecule has 0 saturated carbocycles. The Morgan fingerprint density at radius 3 is 2.67 bits per heavy atom. The Hall–Kier alpha value is -1.99. The Labute approximate surface area is 144 Å². The van der Waals surface area contributed by atoms with Crippen molar-refractivity contribution in [1.29, 1.82) is 0 Å². The van der Waals surface area contributed by atoms with Gasteiger partial charge in [-0.15, -0.1) is 0 Å². The van der Waals surface area contributed by atoms with Crippen LogP contribution in [0.5, 0.6) is 5.75 Å². The van der Waals surface area contributed by atoms with Crippen LogP contribution in [0.3, 0.4) is 0 Å². The van der Waals surface area contributed by atoms with Crippen molar-refractivity contribution >= 4 is 27.3 Å². The molecular weight excluding hydrogens is 354 g/mol. The minimum Gasteiger partial charge on any atom is -0.486 e. The van der Waals surface area contributed by atoms with Gasteiger partial charge in [0.1, 0.15) is 18.1 Å². The van der Waals surface area contributed by atoms with Crippen molar-refractivity contribution < 1.29 is 22.4 Å². The fourth-order valence-electron chi connectivity index (χ4n) is 2.43. The third-order valence-electron chi connectivity index (χ3n) is 3.65. The van der Waals surface area contributed by atoms with Crippen molar-refractivity contribution in [3.8, 4) is 5.75 Å². The number of nitrogens with one attached hydrogen (secondary N) is 1. The fourth-order valence-corrected chi connectivity index (χ4v) is 4.23. The molecule has 3 rings (SSSR count). The highest BCUT2D eigenvalue weighted by Crippen LogP contribution is 2.18. The number of benzene rings is 1. The monoisotopic (exact) mass is 369 g/mol. The normalized spacial score (nSPS) is 19.1. The third-order valence-corrected chi connectivity index (χ3v) is 5.67. The molecule has 1 aromatic carbocycles. The first-order chi connectivity index (χ1) is 11.4. The summed E-state index contributed by atoms with van der Waals surface area (Å²) in [5.41, 5.74) is 0. The molecular formula is C16H16ClNO5S. The second-order valence-corrected chi connectivity index (χ2v) is 8.25. The van der Waals surface area contributed by atoms with Gasteiger partial charge < -0.3 is 14.5 Å². The van der Waals surface area contributed by atoms with Crippen LogP contribution in [0.25, 0.3) is 0 Å². The van der Waals surface area contributed by atoms with Crippen LogP contribution in [0.15, 0.2) is 40.8 Å². The Bertz CT molecular complexity index is 828. The van der Waals surface area contributed by atoms with Gasteiger partial charge in [0.25, 0.3) is 5.91 Å². The highest BCUT2D eigenvalue weighted by Gasteiger charge is 2.29. The van der Waals surface area contributed by atoms with Gasteiger partial charge in [-0.1, -0.05) is 11.6 Å². The number of furan rings is 1. The topological polar surface area (TPSA) is 85.6 Å². The van der Waals surface area contributed by atoms with E-state index in [4.69, 9.17) is 20.8 Å². The van der Waals surface area contributed by atoms with Gasteiger partial charge in [0.05, 0.1) is 11.5 Å². The minimum absolute atomic E-state index is 0.0218. The number of rotatable bonds is 5. The molecule has 8 heteroatoms. The van der Waals surface area contributed by atoms with Gasteiger partial charge in [0.2, 0.25) is 0 Å². The molecule has 0 spiro atoms. The van der Waals surface area contributed by atoms with Gasteiger partial charge in [-0.05, 0) is 42.8 Å². The van der Waals surface area contributed by atoms with Crippen LogP contribution in [-0.2, 0) is 16.4 Å². The average molecular weight is 370 g/mol. The third kappa shape index (κ3) is 4.30. The van der Waals surface area contributed by atoms with E-state index in [0.717, 1.165) is 0 Å². The van der Waals surface area contributed by atoms with Crippen molar-refractivity contribution in [3.63, 3.8) is 0 Å². The molecule has 1 amide bonds. The molecule has 1 aromatic heterocycles. The van der Waals surface area contributed by atoms with E-state index in [1.54, 1.807) is 36.4 Å². The quantitative estimate of drug-likeness (QED) is 0.874. The zero-order chi connectivity index (χ0) is 17.2. The predicted octanol–water partition coefficient (Wildman–Crippen LogP) is 2.43. The van der Waals surface area contributed by atoms with E-state index < -0.39 is 15.7 Å². The van der Waals surface area contributed by atoms with Crippen molar-refractivity contribution in [2.75, 3.05) is 11.5 Å². The highest BCUT2D eigenvalue weighted by atomic mass is 35.5. The number of sulfone groups is 1. The number of carbonyl (C=O) groups excluding carboxylic acids is 1.